The number of ether oxygens (including phenoxy) is 1. The Bertz CT molecular complexity index is 605. The molecule has 0 aromatic carbocycles. The molecular weight excluding hydrogens is 368 g/mol. The van der Waals surface area contributed by atoms with Crippen LogP contribution in [0.5, 0.6) is 11.6 Å². The summed E-state index contributed by atoms with van der Waals surface area (Å²) in [5, 5.41) is 9.06. The number of halogens is 2. The first-order chi connectivity index (χ1) is 8.56. The van der Waals surface area contributed by atoms with Crippen molar-refractivity contribution in [1.82, 2.24) is 9.97 Å². The molecule has 2 aromatic heterocycles. The molecule has 0 aliphatic rings. The van der Waals surface area contributed by atoms with E-state index in [1.807, 2.05) is 0 Å². The van der Waals surface area contributed by atoms with E-state index in [0.29, 0.717) is 10.2 Å². The first-order valence-electron chi connectivity index (χ1n) is 4.73. The lowest BCUT2D eigenvalue weighted by molar-refractivity contribution is 0.0693. The Morgan fingerprint density at radius 2 is 1.89 bits per heavy atom. The highest BCUT2D eigenvalue weighted by atomic mass is 79.9. The third-order valence-corrected chi connectivity index (χ3v) is 2.81. The van der Waals surface area contributed by atoms with Crippen LogP contribution in [0.1, 0.15) is 10.4 Å². The number of carboxylic acid groups (broad SMARTS) is 1. The van der Waals surface area contributed by atoms with E-state index in [2.05, 4.69) is 41.8 Å². The molecule has 0 atom stereocenters. The van der Waals surface area contributed by atoms with Crippen LogP contribution >= 0.6 is 31.9 Å². The zero-order valence-corrected chi connectivity index (χ0v) is 12.0. The Morgan fingerprint density at radius 3 is 2.56 bits per heavy atom. The predicted molar refractivity (Wildman–Crippen MR) is 70.9 cm³/mol. The topological polar surface area (TPSA) is 72.3 Å². The Balaban J connectivity index is 2.37. The van der Waals surface area contributed by atoms with Gasteiger partial charge in [-0.3, -0.25) is 4.98 Å². The third kappa shape index (κ3) is 3.05. The van der Waals surface area contributed by atoms with Crippen molar-refractivity contribution in [2.75, 3.05) is 0 Å². The normalized spacial score (nSPS) is 10.1. The molecule has 0 bridgehead atoms. The number of rotatable bonds is 3. The van der Waals surface area contributed by atoms with Crippen molar-refractivity contribution in [2.45, 2.75) is 0 Å². The Hall–Kier alpha value is -1.47. The van der Waals surface area contributed by atoms with E-state index in [0.717, 1.165) is 4.47 Å². The fraction of sp³-hybridized carbons (Fsp3) is 0. The lowest BCUT2D eigenvalue weighted by Crippen LogP contribution is -2.02. The summed E-state index contributed by atoms with van der Waals surface area (Å²) in [5.41, 5.74) is -0.0237. The molecule has 0 saturated heterocycles. The molecule has 0 fully saturated rings. The second kappa shape index (κ2) is 5.45. The number of pyridine rings is 2. The second-order valence-corrected chi connectivity index (χ2v) is 5.08. The number of hydrogen-bond acceptors (Lipinski definition) is 4. The van der Waals surface area contributed by atoms with Gasteiger partial charge < -0.3 is 9.84 Å². The molecule has 18 heavy (non-hydrogen) atoms. The average Bonchev–Trinajstić information content (AvgIpc) is 2.31. The quantitative estimate of drug-likeness (QED) is 0.891. The predicted octanol–water partition coefficient (Wildman–Crippen LogP) is 3.49. The highest BCUT2D eigenvalue weighted by Gasteiger charge is 2.14. The summed E-state index contributed by atoms with van der Waals surface area (Å²) in [5.74, 6) is -0.686. The van der Waals surface area contributed by atoms with Crippen LogP contribution in [0.2, 0.25) is 0 Å². The van der Waals surface area contributed by atoms with E-state index >= 15 is 0 Å². The Morgan fingerprint density at radius 1 is 1.17 bits per heavy atom. The maximum atomic E-state index is 11.1. The van der Waals surface area contributed by atoms with Crippen molar-refractivity contribution in [3.05, 3.63) is 45.2 Å². The summed E-state index contributed by atoms with van der Waals surface area (Å²) in [7, 11) is 0. The van der Waals surface area contributed by atoms with E-state index in [1.165, 1.54) is 18.5 Å². The zero-order valence-electron chi connectivity index (χ0n) is 8.80. The van der Waals surface area contributed by atoms with Gasteiger partial charge in [-0.2, -0.15) is 0 Å². The molecule has 1 N–H and O–H groups in total. The highest BCUT2D eigenvalue weighted by Crippen LogP contribution is 2.26. The fourth-order valence-electron chi connectivity index (χ4n) is 1.22. The summed E-state index contributed by atoms with van der Waals surface area (Å²) in [6.07, 6.45) is 4.53. The van der Waals surface area contributed by atoms with Gasteiger partial charge in [-0.15, -0.1) is 0 Å². The van der Waals surface area contributed by atoms with Crippen molar-refractivity contribution < 1.29 is 14.6 Å². The number of aromatic nitrogens is 2. The van der Waals surface area contributed by atoms with Gasteiger partial charge in [0.25, 0.3) is 0 Å². The first-order valence-corrected chi connectivity index (χ1v) is 6.32. The highest BCUT2D eigenvalue weighted by molar-refractivity contribution is 9.10. The summed E-state index contributed by atoms with van der Waals surface area (Å²) in [6, 6.07) is 3.10. The molecule has 0 aliphatic heterocycles. The molecule has 2 rings (SSSR count). The summed E-state index contributed by atoms with van der Waals surface area (Å²) in [6.45, 7) is 0. The van der Waals surface area contributed by atoms with E-state index in [4.69, 9.17) is 9.84 Å². The molecule has 0 saturated carbocycles. The summed E-state index contributed by atoms with van der Waals surface area (Å²) < 4.78 is 6.70. The van der Waals surface area contributed by atoms with Crippen LogP contribution in [0.15, 0.2) is 39.7 Å². The van der Waals surface area contributed by atoms with Gasteiger partial charge >= 0.3 is 5.97 Å². The van der Waals surface area contributed by atoms with Gasteiger partial charge in [0.2, 0.25) is 5.88 Å². The minimum absolute atomic E-state index is 0.0191. The van der Waals surface area contributed by atoms with Crippen LogP contribution in [0.4, 0.5) is 0 Å². The molecule has 2 heterocycles. The first kappa shape index (κ1) is 13.0. The van der Waals surface area contributed by atoms with Crippen molar-refractivity contribution in [2.24, 2.45) is 0 Å². The van der Waals surface area contributed by atoms with E-state index in [9.17, 15) is 4.79 Å². The van der Waals surface area contributed by atoms with E-state index in [-0.39, 0.29) is 11.4 Å². The Labute approximate surface area is 119 Å². The molecule has 0 spiro atoms. The van der Waals surface area contributed by atoms with Crippen LogP contribution in [-0.2, 0) is 0 Å². The molecular formula is C11H6Br2N2O3. The molecule has 7 heteroatoms. The van der Waals surface area contributed by atoms with Gasteiger partial charge in [0, 0.05) is 21.3 Å². The third-order valence-electron chi connectivity index (χ3n) is 1.94. The fourth-order valence-corrected chi connectivity index (χ4v) is 1.90. The van der Waals surface area contributed by atoms with Crippen molar-refractivity contribution in [3.63, 3.8) is 0 Å². The molecule has 92 valence electrons. The maximum Gasteiger partial charge on any atom is 0.341 e. The maximum absolute atomic E-state index is 11.1. The molecule has 0 amide bonds. The van der Waals surface area contributed by atoms with Gasteiger partial charge in [0.1, 0.15) is 11.3 Å². The summed E-state index contributed by atoms with van der Waals surface area (Å²) >= 11 is 6.41. The summed E-state index contributed by atoms with van der Waals surface area (Å²) in [4.78, 5) is 18.9. The lowest BCUT2D eigenvalue weighted by atomic mass is 10.3. The van der Waals surface area contributed by atoms with Gasteiger partial charge in [-0.1, -0.05) is 0 Å². The van der Waals surface area contributed by atoms with Crippen molar-refractivity contribution >= 4 is 37.8 Å². The number of nitrogens with zero attached hydrogens (tertiary/aromatic N) is 2. The van der Waals surface area contributed by atoms with E-state index in [1.54, 1.807) is 12.3 Å². The van der Waals surface area contributed by atoms with Gasteiger partial charge in [-0.05, 0) is 44.0 Å². The van der Waals surface area contributed by atoms with Crippen molar-refractivity contribution in [3.8, 4) is 11.6 Å². The van der Waals surface area contributed by atoms with Crippen LogP contribution in [0, 0.1) is 0 Å². The smallest absolute Gasteiger partial charge is 0.341 e. The van der Waals surface area contributed by atoms with Crippen LogP contribution in [0.25, 0.3) is 0 Å². The number of aromatic carboxylic acids is 1. The molecule has 2 aromatic rings. The second-order valence-electron chi connectivity index (χ2n) is 3.25. The lowest BCUT2D eigenvalue weighted by Gasteiger charge is -2.07. The minimum Gasteiger partial charge on any atom is -0.477 e. The van der Waals surface area contributed by atoms with Gasteiger partial charge in [0.15, 0.2) is 0 Å². The van der Waals surface area contributed by atoms with Crippen LogP contribution < -0.4 is 4.74 Å². The SMILES string of the molecule is O=C(O)c1cc(Br)cnc1Oc1cncc(Br)c1. The number of carboxylic acids is 1. The molecule has 0 aliphatic carbocycles. The average molecular weight is 374 g/mol. The van der Waals surface area contributed by atoms with Gasteiger partial charge in [-0.25, -0.2) is 9.78 Å². The molecule has 0 radical (unpaired) electrons. The van der Waals surface area contributed by atoms with Gasteiger partial charge in [0.05, 0.1) is 6.20 Å². The van der Waals surface area contributed by atoms with Crippen molar-refractivity contribution in [1.29, 1.82) is 0 Å². The monoisotopic (exact) mass is 372 g/mol. The van der Waals surface area contributed by atoms with E-state index < -0.39 is 5.97 Å². The number of hydrogen-bond donors (Lipinski definition) is 1. The largest absolute Gasteiger partial charge is 0.477 e. The minimum atomic E-state index is -1.11. The number of carbonyl (C=O) groups is 1. The molecule has 0 unspecified atom stereocenters. The van der Waals surface area contributed by atoms with Crippen LogP contribution in [0.3, 0.4) is 0 Å². The van der Waals surface area contributed by atoms with Crippen LogP contribution in [-0.4, -0.2) is 21.0 Å². The Kier molecular flexibility index (Phi) is 3.93. The standard InChI is InChI=1S/C11H6Br2N2O3/c12-6-1-8(5-14-3-6)18-10-9(11(16)17)2-7(13)4-15-10/h1-5H,(H,16,17). The zero-order chi connectivity index (χ0) is 13.1. The molecule has 5 nitrogen and oxygen atoms in total.